The van der Waals surface area contributed by atoms with Gasteiger partial charge in [0.15, 0.2) is 0 Å². The zero-order valence-corrected chi connectivity index (χ0v) is 11.4. The number of hydrogen-bond acceptors (Lipinski definition) is 2. The van der Waals surface area contributed by atoms with Crippen molar-refractivity contribution in [2.24, 2.45) is 0 Å². The van der Waals surface area contributed by atoms with Crippen LogP contribution in [0.3, 0.4) is 0 Å². The smallest absolute Gasteiger partial charge is 0.0409 e. The highest BCUT2D eigenvalue weighted by molar-refractivity contribution is 7.08. The Balaban J connectivity index is 2.25. The van der Waals surface area contributed by atoms with E-state index < -0.39 is 0 Å². The first-order valence-corrected chi connectivity index (χ1v) is 7.15. The second kappa shape index (κ2) is 6.20. The highest BCUT2D eigenvalue weighted by atomic mass is 35.5. The third-order valence-electron chi connectivity index (χ3n) is 2.64. The van der Waals surface area contributed by atoms with E-state index in [1.54, 1.807) is 11.3 Å². The Bertz CT molecular complexity index is 465. The molecule has 0 radical (unpaired) electrons. The first-order chi connectivity index (χ1) is 8.31. The van der Waals surface area contributed by atoms with E-state index in [1.165, 1.54) is 16.7 Å². The van der Waals surface area contributed by atoms with Gasteiger partial charge in [0, 0.05) is 11.6 Å². The van der Waals surface area contributed by atoms with Gasteiger partial charge in [-0.05, 0) is 58.6 Å². The fraction of sp³-hybridized carbons (Fsp3) is 0.286. The summed E-state index contributed by atoms with van der Waals surface area (Å²) < 4.78 is 0. The zero-order valence-electron chi connectivity index (χ0n) is 9.87. The Morgan fingerprint density at radius 2 is 2.18 bits per heavy atom. The van der Waals surface area contributed by atoms with Gasteiger partial charge in [0.2, 0.25) is 0 Å². The average Bonchev–Trinajstić information content (AvgIpc) is 2.83. The summed E-state index contributed by atoms with van der Waals surface area (Å²) in [4.78, 5) is 0. The summed E-state index contributed by atoms with van der Waals surface area (Å²) in [5.74, 6) is 0. The molecule has 0 unspecified atom stereocenters. The summed E-state index contributed by atoms with van der Waals surface area (Å²) in [5, 5.41) is 8.51. The van der Waals surface area contributed by atoms with Crippen molar-refractivity contribution in [1.29, 1.82) is 0 Å². The van der Waals surface area contributed by atoms with Gasteiger partial charge >= 0.3 is 0 Å². The number of rotatable bonds is 5. The van der Waals surface area contributed by atoms with E-state index in [1.807, 2.05) is 6.07 Å². The summed E-state index contributed by atoms with van der Waals surface area (Å²) in [5.41, 5.74) is 3.82. The Labute approximate surface area is 111 Å². The van der Waals surface area contributed by atoms with Crippen LogP contribution in [0, 0.1) is 0 Å². The molecule has 1 heterocycles. The minimum Gasteiger partial charge on any atom is -0.313 e. The maximum atomic E-state index is 6.07. The molecule has 0 bridgehead atoms. The molecule has 2 rings (SSSR count). The van der Waals surface area contributed by atoms with Crippen LogP contribution in [-0.2, 0) is 6.54 Å². The molecule has 1 nitrogen and oxygen atoms in total. The lowest BCUT2D eigenvalue weighted by Crippen LogP contribution is -2.14. The molecular weight excluding hydrogens is 250 g/mol. The molecule has 1 N–H and O–H groups in total. The Kier molecular flexibility index (Phi) is 4.60. The van der Waals surface area contributed by atoms with Crippen LogP contribution in [0.2, 0.25) is 5.02 Å². The van der Waals surface area contributed by atoms with Gasteiger partial charge in [-0.25, -0.2) is 0 Å². The minimum absolute atomic E-state index is 0.803. The molecule has 0 spiro atoms. The predicted molar refractivity (Wildman–Crippen MR) is 76.8 cm³/mol. The van der Waals surface area contributed by atoms with E-state index in [-0.39, 0.29) is 0 Å². The number of halogens is 1. The average molecular weight is 266 g/mol. The molecule has 0 aliphatic heterocycles. The second-order valence-electron chi connectivity index (χ2n) is 3.99. The SMILES string of the molecule is CCCNCc1cc(Cl)ccc1-c1ccsc1. The standard InChI is InChI=1S/C14H16ClNS/c1-2-6-16-9-12-8-13(15)3-4-14(12)11-5-7-17-10-11/h3-5,7-8,10,16H,2,6,9H2,1H3. The van der Waals surface area contributed by atoms with Gasteiger partial charge in [-0.3, -0.25) is 0 Å². The van der Waals surface area contributed by atoms with Crippen LogP contribution in [0.15, 0.2) is 35.0 Å². The number of thiophene rings is 1. The number of hydrogen-bond donors (Lipinski definition) is 1. The molecule has 1 aromatic carbocycles. The summed E-state index contributed by atoms with van der Waals surface area (Å²) in [6.45, 7) is 4.08. The van der Waals surface area contributed by atoms with Crippen molar-refractivity contribution >= 4 is 22.9 Å². The normalized spacial score (nSPS) is 10.7. The molecule has 3 heteroatoms. The van der Waals surface area contributed by atoms with Gasteiger partial charge in [-0.1, -0.05) is 24.6 Å². The maximum Gasteiger partial charge on any atom is 0.0409 e. The topological polar surface area (TPSA) is 12.0 Å². The van der Waals surface area contributed by atoms with Crippen molar-refractivity contribution in [2.75, 3.05) is 6.54 Å². The van der Waals surface area contributed by atoms with Crippen LogP contribution in [0.4, 0.5) is 0 Å². The molecule has 90 valence electrons. The van der Waals surface area contributed by atoms with Crippen molar-refractivity contribution in [3.63, 3.8) is 0 Å². The van der Waals surface area contributed by atoms with E-state index in [0.717, 1.165) is 24.5 Å². The zero-order chi connectivity index (χ0) is 12.1. The van der Waals surface area contributed by atoms with Crippen LogP contribution in [0.5, 0.6) is 0 Å². The van der Waals surface area contributed by atoms with Gasteiger partial charge in [0.1, 0.15) is 0 Å². The third-order valence-corrected chi connectivity index (χ3v) is 3.56. The fourth-order valence-electron chi connectivity index (χ4n) is 1.81. The van der Waals surface area contributed by atoms with Crippen molar-refractivity contribution in [2.45, 2.75) is 19.9 Å². The summed E-state index contributed by atoms with van der Waals surface area (Å²) >= 11 is 7.79. The molecule has 2 aromatic rings. The largest absolute Gasteiger partial charge is 0.313 e. The van der Waals surface area contributed by atoms with Gasteiger partial charge in [-0.2, -0.15) is 11.3 Å². The fourth-order valence-corrected chi connectivity index (χ4v) is 2.66. The van der Waals surface area contributed by atoms with Crippen molar-refractivity contribution in [3.05, 3.63) is 45.6 Å². The van der Waals surface area contributed by atoms with E-state index in [2.05, 4.69) is 41.2 Å². The first-order valence-electron chi connectivity index (χ1n) is 5.83. The third kappa shape index (κ3) is 3.32. The van der Waals surface area contributed by atoms with Gasteiger partial charge in [0.25, 0.3) is 0 Å². The van der Waals surface area contributed by atoms with Crippen molar-refractivity contribution in [1.82, 2.24) is 5.32 Å². The van der Waals surface area contributed by atoms with Crippen LogP contribution in [0.25, 0.3) is 11.1 Å². The van der Waals surface area contributed by atoms with E-state index >= 15 is 0 Å². The van der Waals surface area contributed by atoms with Crippen LogP contribution in [-0.4, -0.2) is 6.54 Å². The molecule has 1 aromatic heterocycles. The van der Waals surface area contributed by atoms with Gasteiger partial charge in [0.05, 0.1) is 0 Å². The predicted octanol–water partition coefficient (Wildman–Crippen LogP) is 4.57. The van der Waals surface area contributed by atoms with Crippen molar-refractivity contribution in [3.8, 4) is 11.1 Å². The lowest BCUT2D eigenvalue weighted by Gasteiger charge is -2.10. The molecule has 0 saturated heterocycles. The van der Waals surface area contributed by atoms with Crippen molar-refractivity contribution < 1.29 is 0 Å². The summed E-state index contributed by atoms with van der Waals surface area (Å²) in [6, 6.07) is 8.26. The maximum absolute atomic E-state index is 6.07. The Hall–Kier alpha value is -0.830. The molecule has 0 atom stereocenters. The molecule has 0 fully saturated rings. The monoisotopic (exact) mass is 265 g/mol. The second-order valence-corrected chi connectivity index (χ2v) is 5.21. The molecule has 0 saturated carbocycles. The quantitative estimate of drug-likeness (QED) is 0.781. The molecule has 0 aliphatic rings. The lowest BCUT2D eigenvalue weighted by atomic mass is 10.0. The number of benzene rings is 1. The van der Waals surface area contributed by atoms with Gasteiger partial charge in [-0.15, -0.1) is 0 Å². The first kappa shape index (κ1) is 12.6. The number of nitrogens with one attached hydrogen (secondary N) is 1. The van der Waals surface area contributed by atoms with E-state index in [9.17, 15) is 0 Å². The molecule has 17 heavy (non-hydrogen) atoms. The molecule has 0 aliphatic carbocycles. The Morgan fingerprint density at radius 1 is 1.29 bits per heavy atom. The van der Waals surface area contributed by atoms with E-state index in [0.29, 0.717) is 0 Å². The highest BCUT2D eigenvalue weighted by Crippen LogP contribution is 2.28. The van der Waals surface area contributed by atoms with Crippen LogP contribution >= 0.6 is 22.9 Å². The molecule has 0 amide bonds. The summed E-state index contributed by atoms with van der Waals surface area (Å²) in [6.07, 6.45) is 1.15. The van der Waals surface area contributed by atoms with Crippen LogP contribution < -0.4 is 5.32 Å². The summed E-state index contributed by atoms with van der Waals surface area (Å²) in [7, 11) is 0. The highest BCUT2D eigenvalue weighted by Gasteiger charge is 2.06. The lowest BCUT2D eigenvalue weighted by molar-refractivity contribution is 0.676. The molecular formula is C14H16ClNS. The van der Waals surface area contributed by atoms with Crippen LogP contribution in [0.1, 0.15) is 18.9 Å². The Morgan fingerprint density at radius 3 is 2.88 bits per heavy atom. The minimum atomic E-state index is 0.803. The van der Waals surface area contributed by atoms with Gasteiger partial charge < -0.3 is 5.32 Å². The van der Waals surface area contributed by atoms with E-state index in [4.69, 9.17) is 11.6 Å².